The Balaban J connectivity index is 1.66. The number of rotatable bonds is 3. The molecule has 2 aromatic heterocycles. The van der Waals surface area contributed by atoms with E-state index in [1.54, 1.807) is 30.3 Å². The number of hydrogen-bond acceptors (Lipinski definition) is 6. The van der Waals surface area contributed by atoms with Crippen molar-refractivity contribution in [2.75, 3.05) is 7.11 Å². The van der Waals surface area contributed by atoms with Crippen LogP contribution < -0.4 is 4.74 Å². The van der Waals surface area contributed by atoms with Gasteiger partial charge in [0.2, 0.25) is 5.88 Å². The summed E-state index contributed by atoms with van der Waals surface area (Å²) in [5.74, 6) is -1.79. The van der Waals surface area contributed by atoms with E-state index < -0.39 is 17.8 Å². The Morgan fingerprint density at radius 3 is 2.32 bits per heavy atom. The number of fused-ring (bicyclic) bond motifs is 2. The van der Waals surface area contributed by atoms with E-state index in [1.807, 2.05) is 0 Å². The van der Waals surface area contributed by atoms with Crippen molar-refractivity contribution in [3.05, 3.63) is 65.4 Å². The van der Waals surface area contributed by atoms with Gasteiger partial charge in [0.15, 0.2) is 0 Å². The van der Waals surface area contributed by atoms with Gasteiger partial charge >= 0.3 is 5.97 Å². The van der Waals surface area contributed by atoms with Crippen molar-refractivity contribution in [1.82, 2.24) is 14.7 Å². The molecule has 8 nitrogen and oxygen atoms in total. The molecule has 3 heterocycles. The number of amides is 2. The highest BCUT2D eigenvalue weighted by molar-refractivity contribution is 6.21. The van der Waals surface area contributed by atoms with Crippen LogP contribution in [0.15, 0.2) is 48.7 Å². The van der Waals surface area contributed by atoms with E-state index in [4.69, 9.17) is 9.57 Å². The third-order valence-corrected chi connectivity index (χ3v) is 3.87. The van der Waals surface area contributed by atoms with Gasteiger partial charge in [-0.05, 0) is 18.2 Å². The van der Waals surface area contributed by atoms with E-state index in [2.05, 4.69) is 5.10 Å². The van der Waals surface area contributed by atoms with Crippen LogP contribution >= 0.6 is 0 Å². The molecule has 0 saturated heterocycles. The van der Waals surface area contributed by atoms with Crippen LogP contribution in [0.1, 0.15) is 31.1 Å². The Kier molecular flexibility index (Phi) is 3.24. The average molecular weight is 337 g/mol. The Morgan fingerprint density at radius 1 is 1.00 bits per heavy atom. The number of aromatic nitrogens is 2. The lowest BCUT2D eigenvalue weighted by Gasteiger charge is -2.12. The number of imide groups is 1. The molecule has 3 aromatic rings. The molecule has 0 atom stereocenters. The van der Waals surface area contributed by atoms with Crippen molar-refractivity contribution in [3.8, 4) is 5.88 Å². The zero-order chi connectivity index (χ0) is 17.6. The SMILES string of the molecule is COc1cccc2c(C(=O)ON3C(=O)c4ccccc4C3=O)cnn12. The molecule has 4 rings (SSSR count). The fraction of sp³-hybridized carbons (Fsp3) is 0.0588. The van der Waals surface area contributed by atoms with Gasteiger partial charge < -0.3 is 9.57 Å². The first-order chi connectivity index (χ1) is 12.1. The molecule has 1 aliphatic heterocycles. The Morgan fingerprint density at radius 2 is 1.68 bits per heavy atom. The van der Waals surface area contributed by atoms with Gasteiger partial charge in [-0.25, -0.2) is 9.31 Å². The first kappa shape index (κ1) is 14.9. The van der Waals surface area contributed by atoms with Gasteiger partial charge in [-0.15, -0.1) is 0 Å². The van der Waals surface area contributed by atoms with E-state index >= 15 is 0 Å². The van der Waals surface area contributed by atoms with Crippen molar-refractivity contribution in [2.24, 2.45) is 0 Å². The third kappa shape index (κ3) is 2.15. The molecular weight excluding hydrogens is 326 g/mol. The van der Waals surface area contributed by atoms with Crippen molar-refractivity contribution < 1.29 is 24.0 Å². The highest BCUT2D eigenvalue weighted by atomic mass is 16.7. The van der Waals surface area contributed by atoms with Gasteiger partial charge in [0, 0.05) is 6.07 Å². The molecule has 0 saturated carbocycles. The molecule has 1 aromatic carbocycles. The molecule has 0 spiro atoms. The van der Waals surface area contributed by atoms with Crippen molar-refractivity contribution in [2.45, 2.75) is 0 Å². The minimum Gasteiger partial charge on any atom is -0.481 e. The van der Waals surface area contributed by atoms with Gasteiger partial charge in [-0.2, -0.15) is 5.10 Å². The van der Waals surface area contributed by atoms with E-state index in [0.717, 1.165) is 0 Å². The monoisotopic (exact) mass is 337 g/mol. The molecular formula is C17H11N3O5. The Hall–Kier alpha value is -3.68. The lowest BCUT2D eigenvalue weighted by atomic mass is 10.1. The summed E-state index contributed by atoms with van der Waals surface area (Å²) in [5.41, 5.74) is 0.931. The number of benzene rings is 1. The second-order valence-electron chi connectivity index (χ2n) is 5.25. The number of carbonyl (C=O) groups excluding carboxylic acids is 3. The topological polar surface area (TPSA) is 90.2 Å². The van der Waals surface area contributed by atoms with Gasteiger partial charge in [-0.3, -0.25) is 9.59 Å². The number of methoxy groups -OCH3 is 1. The van der Waals surface area contributed by atoms with Gasteiger partial charge in [0.25, 0.3) is 11.8 Å². The lowest BCUT2D eigenvalue weighted by molar-refractivity contribution is -0.0583. The minimum atomic E-state index is -0.863. The van der Waals surface area contributed by atoms with Crippen LogP contribution in [-0.4, -0.2) is 39.6 Å². The summed E-state index contributed by atoms with van der Waals surface area (Å²) in [7, 11) is 1.48. The van der Waals surface area contributed by atoms with Crippen LogP contribution in [0, 0.1) is 0 Å². The maximum absolute atomic E-state index is 12.5. The first-order valence-electron chi connectivity index (χ1n) is 7.32. The molecule has 0 radical (unpaired) electrons. The maximum Gasteiger partial charge on any atom is 0.367 e. The van der Waals surface area contributed by atoms with Crippen LogP contribution in [0.5, 0.6) is 5.88 Å². The van der Waals surface area contributed by atoms with E-state index in [1.165, 1.54) is 30.0 Å². The Bertz CT molecular complexity index is 1000. The quantitative estimate of drug-likeness (QED) is 0.676. The van der Waals surface area contributed by atoms with E-state index in [0.29, 0.717) is 16.5 Å². The highest BCUT2D eigenvalue weighted by Crippen LogP contribution is 2.24. The second-order valence-corrected chi connectivity index (χ2v) is 5.25. The Labute approximate surface area is 141 Å². The number of nitrogens with zero attached hydrogens (tertiary/aromatic N) is 3. The van der Waals surface area contributed by atoms with Crippen molar-refractivity contribution >= 4 is 23.3 Å². The van der Waals surface area contributed by atoms with Crippen LogP contribution in [0.2, 0.25) is 0 Å². The average Bonchev–Trinajstić information content (AvgIpc) is 3.17. The number of carbonyl (C=O) groups is 3. The summed E-state index contributed by atoms with van der Waals surface area (Å²) in [5, 5.41) is 4.53. The van der Waals surface area contributed by atoms with Gasteiger partial charge in [0.1, 0.15) is 5.56 Å². The van der Waals surface area contributed by atoms with Crippen LogP contribution in [0.3, 0.4) is 0 Å². The summed E-state index contributed by atoms with van der Waals surface area (Å²) < 4.78 is 6.58. The standard InChI is InChI=1S/C17H11N3O5/c1-24-14-8-4-7-13-12(9-18-19(13)14)17(23)25-20-15(21)10-5-2-3-6-11(10)16(20)22/h2-9H,1H3. The molecule has 0 aliphatic carbocycles. The summed E-state index contributed by atoms with van der Waals surface area (Å²) in [6.45, 7) is 0. The van der Waals surface area contributed by atoms with E-state index in [9.17, 15) is 14.4 Å². The zero-order valence-electron chi connectivity index (χ0n) is 13.0. The van der Waals surface area contributed by atoms with Crippen molar-refractivity contribution in [1.29, 1.82) is 0 Å². The van der Waals surface area contributed by atoms with Gasteiger partial charge in [0.05, 0.1) is 30.0 Å². The smallest absolute Gasteiger partial charge is 0.367 e. The number of ether oxygens (including phenoxy) is 1. The number of hydrogen-bond donors (Lipinski definition) is 0. The van der Waals surface area contributed by atoms with Crippen LogP contribution in [0.4, 0.5) is 0 Å². The fourth-order valence-corrected chi connectivity index (χ4v) is 2.68. The predicted octanol–water partition coefficient (Wildman–Crippen LogP) is 1.71. The van der Waals surface area contributed by atoms with Crippen LogP contribution in [0.25, 0.3) is 5.52 Å². The number of hydroxylamine groups is 2. The summed E-state index contributed by atoms with van der Waals surface area (Å²) in [4.78, 5) is 42.0. The molecule has 0 fully saturated rings. The van der Waals surface area contributed by atoms with Gasteiger partial charge in [-0.1, -0.05) is 23.3 Å². The summed E-state index contributed by atoms with van der Waals surface area (Å²) in [6, 6.07) is 11.3. The molecule has 0 unspecified atom stereocenters. The predicted molar refractivity (Wildman–Crippen MR) is 84.1 cm³/mol. The second kappa shape index (κ2) is 5.45. The first-order valence-corrected chi connectivity index (χ1v) is 7.32. The summed E-state index contributed by atoms with van der Waals surface area (Å²) >= 11 is 0. The molecule has 2 amide bonds. The number of pyridine rings is 1. The van der Waals surface area contributed by atoms with E-state index in [-0.39, 0.29) is 16.7 Å². The zero-order valence-corrected chi connectivity index (χ0v) is 13.0. The highest BCUT2D eigenvalue weighted by Gasteiger charge is 2.39. The van der Waals surface area contributed by atoms with Crippen LogP contribution in [-0.2, 0) is 4.84 Å². The largest absolute Gasteiger partial charge is 0.481 e. The third-order valence-electron chi connectivity index (χ3n) is 3.87. The molecule has 124 valence electrons. The summed E-state index contributed by atoms with van der Waals surface area (Å²) in [6.07, 6.45) is 1.29. The van der Waals surface area contributed by atoms with Crippen molar-refractivity contribution in [3.63, 3.8) is 0 Å². The molecule has 0 bridgehead atoms. The molecule has 1 aliphatic rings. The normalized spacial score (nSPS) is 13.2. The lowest BCUT2D eigenvalue weighted by Crippen LogP contribution is -2.32. The maximum atomic E-state index is 12.5. The molecule has 25 heavy (non-hydrogen) atoms. The molecule has 0 N–H and O–H groups in total. The minimum absolute atomic E-state index is 0.107. The fourth-order valence-electron chi connectivity index (χ4n) is 2.68. The molecule has 8 heteroatoms.